The summed E-state index contributed by atoms with van der Waals surface area (Å²) in [6.07, 6.45) is 0. The highest BCUT2D eigenvalue weighted by Gasteiger charge is 2.10. The maximum atomic E-state index is 12.8. The van der Waals surface area contributed by atoms with Crippen molar-refractivity contribution in [3.8, 4) is 0 Å². The van der Waals surface area contributed by atoms with E-state index in [0.29, 0.717) is 5.39 Å². The molecule has 1 aromatic heterocycles. The Morgan fingerprint density at radius 3 is 2.73 bits per heavy atom. The zero-order chi connectivity index (χ0) is 11.0. The Balaban J connectivity index is 2.84. The van der Waals surface area contributed by atoms with Crippen molar-refractivity contribution in [2.45, 2.75) is 0 Å². The van der Waals surface area contributed by atoms with Gasteiger partial charge in [-0.25, -0.2) is 14.0 Å². The molecule has 1 heterocycles. The maximum absolute atomic E-state index is 12.8. The molecule has 1 aromatic carbocycles. The second kappa shape index (κ2) is 3.20. The summed E-state index contributed by atoms with van der Waals surface area (Å²) in [5.74, 6) is -2.37. The van der Waals surface area contributed by atoms with Crippen molar-refractivity contribution >= 4 is 16.7 Å². The average Bonchev–Trinajstić information content (AvgIpc) is 2.18. The third-order valence-electron chi connectivity index (χ3n) is 1.94. The van der Waals surface area contributed by atoms with Gasteiger partial charge in [0.2, 0.25) is 5.76 Å². The van der Waals surface area contributed by atoms with Crippen LogP contribution >= 0.6 is 0 Å². The Kier molecular flexibility index (Phi) is 2.00. The van der Waals surface area contributed by atoms with Crippen LogP contribution in [0.2, 0.25) is 0 Å². The number of carboxylic acids is 1. The summed E-state index contributed by atoms with van der Waals surface area (Å²) >= 11 is 0. The summed E-state index contributed by atoms with van der Waals surface area (Å²) in [6, 6.07) is 4.66. The van der Waals surface area contributed by atoms with Crippen LogP contribution in [-0.2, 0) is 0 Å². The van der Waals surface area contributed by atoms with Crippen LogP contribution in [0.15, 0.2) is 33.5 Å². The Morgan fingerprint density at radius 1 is 1.33 bits per heavy atom. The molecular weight excluding hydrogens is 203 g/mol. The molecule has 0 aliphatic carbocycles. The highest BCUT2D eigenvalue weighted by Crippen LogP contribution is 2.13. The van der Waals surface area contributed by atoms with Crippen molar-refractivity contribution in [1.82, 2.24) is 0 Å². The fourth-order valence-electron chi connectivity index (χ4n) is 1.26. The lowest BCUT2D eigenvalue weighted by molar-refractivity contribution is 0.0658. The monoisotopic (exact) mass is 208 g/mol. The molecule has 4 nitrogen and oxygen atoms in total. The number of hydrogen-bond donors (Lipinski definition) is 1. The molecule has 76 valence electrons. The second-order valence-electron chi connectivity index (χ2n) is 2.93. The lowest BCUT2D eigenvalue weighted by Gasteiger charge is -1.97. The normalized spacial score (nSPS) is 10.5. The van der Waals surface area contributed by atoms with E-state index in [2.05, 4.69) is 4.42 Å². The molecule has 0 aliphatic rings. The number of carbonyl (C=O) groups is 1. The van der Waals surface area contributed by atoms with Crippen LogP contribution in [0.25, 0.3) is 10.8 Å². The summed E-state index contributed by atoms with van der Waals surface area (Å²) in [5, 5.41) is 8.98. The topological polar surface area (TPSA) is 67.5 Å². The standard InChI is InChI=1S/C10H5FO4/c11-6-2-1-5-3-8(9(12)13)15-10(14)7(5)4-6/h1-4H,(H,12,13). The predicted molar refractivity (Wildman–Crippen MR) is 49.4 cm³/mol. The van der Waals surface area contributed by atoms with Crippen LogP contribution in [0.3, 0.4) is 0 Å². The smallest absolute Gasteiger partial charge is 0.371 e. The van der Waals surface area contributed by atoms with Crippen LogP contribution in [0.1, 0.15) is 10.6 Å². The first kappa shape index (κ1) is 9.39. The number of benzene rings is 1. The zero-order valence-electron chi connectivity index (χ0n) is 7.36. The van der Waals surface area contributed by atoms with Crippen LogP contribution in [0.5, 0.6) is 0 Å². The molecule has 0 bridgehead atoms. The fraction of sp³-hybridized carbons (Fsp3) is 0. The minimum Gasteiger partial charge on any atom is -0.475 e. The summed E-state index contributed by atoms with van der Waals surface area (Å²) in [5.41, 5.74) is -0.857. The molecule has 0 spiro atoms. The van der Waals surface area contributed by atoms with Crippen LogP contribution in [-0.4, -0.2) is 11.1 Å². The Morgan fingerprint density at radius 2 is 2.07 bits per heavy atom. The Labute approximate surface area is 82.6 Å². The minimum absolute atomic E-state index is 0.0278. The van der Waals surface area contributed by atoms with Crippen molar-refractivity contribution in [1.29, 1.82) is 0 Å². The van der Waals surface area contributed by atoms with Gasteiger partial charge in [0.1, 0.15) is 5.82 Å². The van der Waals surface area contributed by atoms with E-state index in [9.17, 15) is 14.0 Å². The molecule has 15 heavy (non-hydrogen) atoms. The van der Waals surface area contributed by atoms with E-state index in [0.717, 1.165) is 12.1 Å². The SMILES string of the molecule is O=C(O)c1cc2ccc(F)cc2c(=O)o1. The highest BCUT2D eigenvalue weighted by molar-refractivity contribution is 5.90. The van der Waals surface area contributed by atoms with Gasteiger partial charge in [0.05, 0.1) is 5.39 Å². The van der Waals surface area contributed by atoms with E-state index in [1.807, 2.05) is 0 Å². The van der Waals surface area contributed by atoms with Crippen molar-refractivity contribution in [2.75, 3.05) is 0 Å². The van der Waals surface area contributed by atoms with Crippen molar-refractivity contribution in [2.24, 2.45) is 0 Å². The summed E-state index contributed by atoms with van der Waals surface area (Å²) < 4.78 is 17.3. The third-order valence-corrected chi connectivity index (χ3v) is 1.94. The Hall–Kier alpha value is -2.17. The molecule has 5 heteroatoms. The average molecular weight is 208 g/mol. The summed E-state index contributed by atoms with van der Waals surface area (Å²) in [7, 11) is 0. The fourth-order valence-corrected chi connectivity index (χ4v) is 1.26. The van der Waals surface area contributed by atoms with Gasteiger partial charge in [0.15, 0.2) is 0 Å². The van der Waals surface area contributed by atoms with Gasteiger partial charge in [-0.05, 0) is 23.6 Å². The largest absolute Gasteiger partial charge is 0.475 e. The minimum atomic E-state index is -1.33. The van der Waals surface area contributed by atoms with Gasteiger partial charge < -0.3 is 9.52 Å². The molecule has 0 atom stereocenters. The molecule has 2 rings (SSSR count). The molecule has 0 unspecified atom stereocenters. The van der Waals surface area contributed by atoms with Gasteiger partial charge in [0.25, 0.3) is 0 Å². The van der Waals surface area contributed by atoms with Gasteiger partial charge in [-0.3, -0.25) is 0 Å². The van der Waals surface area contributed by atoms with Crippen LogP contribution < -0.4 is 5.63 Å². The molecule has 1 N–H and O–H groups in total. The third kappa shape index (κ3) is 1.59. The van der Waals surface area contributed by atoms with Crippen LogP contribution in [0.4, 0.5) is 4.39 Å². The Bertz CT molecular complexity index is 600. The first-order chi connectivity index (χ1) is 7.08. The molecule has 0 saturated heterocycles. The first-order valence-electron chi connectivity index (χ1n) is 4.04. The predicted octanol–water partition coefficient (Wildman–Crippen LogP) is 1.63. The number of hydrogen-bond acceptors (Lipinski definition) is 3. The number of aromatic carboxylic acids is 1. The second-order valence-corrected chi connectivity index (χ2v) is 2.93. The molecule has 0 amide bonds. The molecule has 0 saturated carbocycles. The van der Waals surface area contributed by atoms with Crippen molar-refractivity contribution in [3.63, 3.8) is 0 Å². The van der Waals surface area contributed by atoms with Gasteiger partial charge in [-0.15, -0.1) is 0 Å². The van der Waals surface area contributed by atoms with E-state index >= 15 is 0 Å². The molecule has 0 radical (unpaired) electrons. The molecule has 2 aromatic rings. The number of carboxylic acid groups (broad SMARTS) is 1. The summed E-state index contributed by atoms with van der Waals surface area (Å²) in [6.45, 7) is 0. The van der Waals surface area contributed by atoms with Gasteiger partial charge in [0, 0.05) is 0 Å². The molecule has 0 fully saturated rings. The number of halogens is 1. The lowest BCUT2D eigenvalue weighted by atomic mass is 10.1. The van der Waals surface area contributed by atoms with E-state index in [-0.39, 0.29) is 5.39 Å². The number of fused-ring (bicyclic) bond motifs is 1. The van der Waals surface area contributed by atoms with Crippen LogP contribution in [0, 0.1) is 5.82 Å². The molecular formula is C10H5FO4. The van der Waals surface area contributed by atoms with Gasteiger partial charge in [-0.1, -0.05) is 6.07 Å². The van der Waals surface area contributed by atoms with Gasteiger partial charge >= 0.3 is 11.6 Å². The zero-order valence-corrected chi connectivity index (χ0v) is 7.36. The lowest BCUT2D eigenvalue weighted by Crippen LogP contribution is -2.06. The highest BCUT2D eigenvalue weighted by atomic mass is 19.1. The number of rotatable bonds is 1. The maximum Gasteiger partial charge on any atom is 0.371 e. The van der Waals surface area contributed by atoms with Crippen molar-refractivity contribution < 1.29 is 18.7 Å². The van der Waals surface area contributed by atoms with E-state index in [1.165, 1.54) is 12.1 Å². The molecule has 0 aliphatic heterocycles. The van der Waals surface area contributed by atoms with Crippen molar-refractivity contribution in [3.05, 3.63) is 46.3 Å². The quantitative estimate of drug-likeness (QED) is 0.773. The van der Waals surface area contributed by atoms with Gasteiger partial charge in [-0.2, -0.15) is 0 Å². The first-order valence-corrected chi connectivity index (χ1v) is 4.04. The van der Waals surface area contributed by atoms with E-state index < -0.39 is 23.2 Å². The van der Waals surface area contributed by atoms with E-state index in [1.54, 1.807) is 0 Å². The summed E-state index contributed by atoms with van der Waals surface area (Å²) in [4.78, 5) is 21.8. The van der Waals surface area contributed by atoms with E-state index in [4.69, 9.17) is 5.11 Å².